The van der Waals surface area contributed by atoms with Gasteiger partial charge < -0.3 is 5.32 Å². The summed E-state index contributed by atoms with van der Waals surface area (Å²) in [5.74, 6) is 1.83. The van der Waals surface area contributed by atoms with Crippen LogP contribution in [0.1, 0.15) is 25.7 Å². The molecule has 2 aliphatic rings. The lowest BCUT2D eigenvalue weighted by Gasteiger charge is -2.18. The van der Waals surface area contributed by atoms with Crippen LogP contribution in [0.5, 0.6) is 0 Å². The Morgan fingerprint density at radius 2 is 1.90 bits per heavy atom. The Bertz CT molecular complexity index is 688. The van der Waals surface area contributed by atoms with Crippen molar-refractivity contribution in [3.8, 4) is 0 Å². The minimum Gasteiger partial charge on any atom is -0.312 e. The molecule has 1 heterocycles. The summed E-state index contributed by atoms with van der Waals surface area (Å²) in [7, 11) is 0. The molecule has 4 heteroatoms. The molecule has 0 radical (unpaired) electrons. The first-order valence-corrected chi connectivity index (χ1v) is 8.01. The third kappa shape index (κ3) is 2.72. The number of para-hydroxylation sites is 1. The largest absolute Gasteiger partial charge is 0.312 e. The lowest BCUT2D eigenvalue weighted by molar-refractivity contribution is 0.402. The van der Waals surface area contributed by atoms with Gasteiger partial charge in [-0.15, -0.1) is 0 Å². The first kappa shape index (κ1) is 13.0. The van der Waals surface area contributed by atoms with E-state index in [2.05, 4.69) is 10.4 Å². The number of hydrogen-bond donors (Lipinski definition) is 1. The van der Waals surface area contributed by atoms with Gasteiger partial charge in [0.15, 0.2) is 0 Å². The van der Waals surface area contributed by atoms with Gasteiger partial charge in [0.25, 0.3) is 0 Å². The maximum absolute atomic E-state index is 11.8. The number of nitrogens with zero attached hydrogens (tertiary/aromatic N) is 2. The lowest BCUT2D eigenvalue weighted by atomic mass is 10.1. The van der Waals surface area contributed by atoms with Crippen molar-refractivity contribution in [3.05, 3.63) is 40.7 Å². The fourth-order valence-electron chi connectivity index (χ4n) is 3.31. The Morgan fingerprint density at radius 3 is 2.62 bits per heavy atom. The molecule has 4 rings (SSSR count). The SMILES string of the molecule is O=c1cnn(CCNC(C2CC2)C2CC2)c2ccccc12. The van der Waals surface area contributed by atoms with Crippen molar-refractivity contribution >= 4 is 10.9 Å². The molecule has 0 bridgehead atoms. The molecule has 0 aliphatic heterocycles. The Morgan fingerprint density at radius 1 is 1.19 bits per heavy atom. The first-order chi connectivity index (χ1) is 10.3. The van der Waals surface area contributed by atoms with Gasteiger partial charge in [-0.2, -0.15) is 5.10 Å². The zero-order valence-corrected chi connectivity index (χ0v) is 12.2. The molecule has 2 aliphatic carbocycles. The predicted molar refractivity (Wildman–Crippen MR) is 83.2 cm³/mol. The van der Waals surface area contributed by atoms with E-state index in [-0.39, 0.29) is 5.43 Å². The van der Waals surface area contributed by atoms with Crippen LogP contribution in [0.4, 0.5) is 0 Å². The lowest BCUT2D eigenvalue weighted by Crippen LogP contribution is -2.35. The van der Waals surface area contributed by atoms with Gasteiger partial charge >= 0.3 is 0 Å². The highest BCUT2D eigenvalue weighted by atomic mass is 16.1. The van der Waals surface area contributed by atoms with Crippen LogP contribution in [0.3, 0.4) is 0 Å². The maximum atomic E-state index is 11.8. The van der Waals surface area contributed by atoms with E-state index in [9.17, 15) is 4.79 Å². The number of nitrogens with one attached hydrogen (secondary N) is 1. The van der Waals surface area contributed by atoms with Crippen molar-refractivity contribution in [1.82, 2.24) is 15.1 Å². The van der Waals surface area contributed by atoms with Gasteiger partial charge in [0.05, 0.1) is 18.3 Å². The number of rotatable bonds is 6. The molecule has 0 spiro atoms. The predicted octanol–water partition coefficient (Wildman–Crippen LogP) is 2.17. The topological polar surface area (TPSA) is 46.9 Å². The molecule has 0 saturated heterocycles. The summed E-state index contributed by atoms with van der Waals surface area (Å²) in [6.07, 6.45) is 7.02. The minimum atomic E-state index is 0.00338. The minimum absolute atomic E-state index is 0.00338. The Labute approximate surface area is 124 Å². The van der Waals surface area contributed by atoms with Gasteiger partial charge in [-0.25, -0.2) is 0 Å². The average molecular weight is 283 g/mol. The van der Waals surface area contributed by atoms with E-state index in [1.165, 1.54) is 31.9 Å². The van der Waals surface area contributed by atoms with Gasteiger partial charge in [-0.05, 0) is 49.7 Å². The van der Waals surface area contributed by atoms with E-state index in [1.54, 1.807) is 0 Å². The summed E-state index contributed by atoms with van der Waals surface area (Å²) in [4.78, 5) is 11.8. The van der Waals surface area contributed by atoms with Crippen molar-refractivity contribution in [2.75, 3.05) is 6.54 Å². The van der Waals surface area contributed by atoms with Gasteiger partial charge in [-0.3, -0.25) is 9.48 Å². The summed E-state index contributed by atoms with van der Waals surface area (Å²) in [6.45, 7) is 1.74. The summed E-state index contributed by atoms with van der Waals surface area (Å²) >= 11 is 0. The third-order valence-electron chi connectivity index (χ3n) is 4.73. The van der Waals surface area contributed by atoms with E-state index >= 15 is 0 Å². The zero-order valence-electron chi connectivity index (χ0n) is 12.2. The van der Waals surface area contributed by atoms with Crippen molar-refractivity contribution in [2.24, 2.45) is 11.8 Å². The molecule has 0 amide bonds. The summed E-state index contributed by atoms with van der Waals surface area (Å²) < 4.78 is 1.95. The van der Waals surface area contributed by atoms with Gasteiger partial charge in [0, 0.05) is 18.0 Å². The third-order valence-corrected chi connectivity index (χ3v) is 4.73. The van der Waals surface area contributed by atoms with Gasteiger partial charge in [0.2, 0.25) is 5.43 Å². The quantitative estimate of drug-likeness (QED) is 0.884. The summed E-state index contributed by atoms with van der Waals surface area (Å²) in [5, 5.41) is 8.78. The summed E-state index contributed by atoms with van der Waals surface area (Å²) in [6, 6.07) is 8.44. The molecule has 2 fully saturated rings. The first-order valence-electron chi connectivity index (χ1n) is 8.01. The van der Waals surface area contributed by atoms with Crippen LogP contribution in [0.15, 0.2) is 35.3 Å². The molecule has 2 saturated carbocycles. The van der Waals surface area contributed by atoms with Crippen molar-refractivity contribution in [3.63, 3.8) is 0 Å². The molecule has 4 nitrogen and oxygen atoms in total. The average Bonchev–Trinajstić information content (AvgIpc) is 3.39. The van der Waals surface area contributed by atoms with Crippen LogP contribution >= 0.6 is 0 Å². The second kappa shape index (κ2) is 5.26. The van der Waals surface area contributed by atoms with E-state index in [1.807, 2.05) is 28.9 Å². The number of fused-ring (bicyclic) bond motifs is 1. The molecule has 0 atom stereocenters. The highest BCUT2D eigenvalue weighted by Gasteiger charge is 2.40. The van der Waals surface area contributed by atoms with E-state index in [4.69, 9.17) is 0 Å². The summed E-state index contributed by atoms with van der Waals surface area (Å²) in [5.41, 5.74) is 0.935. The highest BCUT2D eigenvalue weighted by Crippen LogP contribution is 2.44. The van der Waals surface area contributed by atoms with Crippen LogP contribution in [-0.2, 0) is 6.54 Å². The normalized spacial score (nSPS) is 18.5. The van der Waals surface area contributed by atoms with Crippen LogP contribution < -0.4 is 10.7 Å². The molecular weight excluding hydrogens is 262 g/mol. The second-order valence-electron chi connectivity index (χ2n) is 6.40. The molecule has 0 unspecified atom stereocenters. The van der Waals surface area contributed by atoms with Crippen LogP contribution in [0, 0.1) is 11.8 Å². The monoisotopic (exact) mass is 283 g/mol. The molecule has 110 valence electrons. The molecule has 21 heavy (non-hydrogen) atoms. The highest BCUT2D eigenvalue weighted by molar-refractivity contribution is 5.77. The van der Waals surface area contributed by atoms with Crippen molar-refractivity contribution in [1.29, 1.82) is 0 Å². The maximum Gasteiger partial charge on any atom is 0.207 e. The Kier molecular flexibility index (Phi) is 3.26. The van der Waals surface area contributed by atoms with Crippen LogP contribution in [0.2, 0.25) is 0 Å². The number of aromatic nitrogens is 2. The molecular formula is C17H21N3O. The van der Waals surface area contributed by atoms with E-state index in [0.29, 0.717) is 0 Å². The Balaban J connectivity index is 1.47. The van der Waals surface area contributed by atoms with Crippen LogP contribution in [0.25, 0.3) is 10.9 Å². The number of benzene rings is 1. The zero-order chi connectivity index (χ0) is 14.2. The van der Waals surface area contributed by atoms with E-state index < -0.39 is 0 Å². The second-order valence-corrected chi connectivity index (χ2v) is 6.40. The van der Waals surface area contributed by atoms with Gasteiger partial charge in [-0.1, -0.05) is 12.1 Å². The fourth-order valence-corrected chi connectivity index (χ4v) is 3.31. The van der Waals surface area contributed by atoms with Crippen molar-refractivity contribution < 1.29 is 0 Å². The standard InChI is InChI=1S/C17H21N3O/c21-16-11-19-20(15-4-2-1-3-14(15)16)10-9-18-17(12-5-6-12)13-7-8-13/h1-4,11-13,17-18H,5-10H2. The molecule has 1 aromatic carbocycles. The fraction of sp³-hybridized carbons (Fsp3) is 0.529. The molecule has 1 aromatic heterocycles. The molecule has 2 aromatic rings. The van der Waals surface area contributed by atoms with Crippen molar-refractivity contribution in [2.45, 2.75) is 38.3 Å². The Hall–Kier alpha value is -1.68. The van der Waals surface area contributed by atoms with Crippen LogP contribution in [-0.4, -0.2) is 22.4 Å². The molecule has 1 N–H and O–H groups in total. The smallest absolute Gasteiger partial charge is 0.207 e. The van der Waals surface area contributed by atoms with E-state index in [0.717, 1.165) is 41.9 Å². The number of hydrogen-bond acceptors (Lipinski definition) is 3. The van der Waals surface area contributed by atoms with Gasteiger partial charge in [0.1, 0.15) is 0 Å².